The van der Waals surface area contributed by atoms with E-state index in [0.29, 0.717) is 5.92 Å². The minimum absolute atomic E-state index is 0.0955. The van der Waals surface area contributed by atoms with E-state index < -0.39 is 0 Å². The van der Waals surface area contributed by atoms with E-state index in [0.717, 1.165) is 6.54 Å². The zero-order valence-corrected chi connectivity index (χ0v) is 7.94. The van der Waals surface area contributed by atoms with Crippen LogP contribution in [0.15, 0.2) is 0 Å². The summed E-state index contributed by atoms with van der Waals surface area (Å²) in [6, 6.07) is 0. The van der Waals surface area contributed by atoms with Gasteiger partial charge in [-0.25, -0.2) is 0 Å². The van der Waals surface area contributed by atoms with Gasteiger partial charge >= 0.3 is 0 Å². The normalized spacial score (nSPS) is 34.1. The quantitative estimate of drug-likeness (QED) is 0.595. The van der Waals surface area contributed by atoms with E-state index in [1.165, 1.54) is 0 Å². The molecule has 0 aromatic rings. The lowest BCUT2D eigenvalue weighted by atomic mass is 9.74. The molecule has 1 heterocycles. The molecule has 0 aliphatic carbocycles. The van der Waals surface area contributed by atoms with Crippen LogP contribution >= 0.6 is 0 Å². The monoisotopic (exact) mass is 157 g/mol. The Morgan fingerprint density at radius 3 is 2.09 bits per heavy atom. The lowest BCUT2D eigenvalue weighted by Gasteiger charge is -2.32. The highest BCUT2D eigenvalue weighted by Crippen LogP contribution is 2.39. The van der Waals surface area contributed by atoms with Crippen molar-refractivity contribution in [2.24, 2.45) is 11.3 Å². The van der Waals surface area contributed by atoms with Gasteiger partial charge in [0.25, 0.3) is 0 Å². The molecule has 2 heteroatoms. The summed E-state index contributed by atoms with van der Waals surface area (Å²) in [5.41, 5.74) is 0.330. The second-order valence-electron chi connectivity index (χ2n) is 4.80. The van der Waals surface area contributed by atoms with Crippen LogP contribution < -0.4 is 5.32 Å². The van der Waals surface area contributed by atoms with Crippen molar-refractivity contribution in [1.29, 1.82) is 0 Å². The number of hydrogen-bond acceptors (Lipinski definition) is 2. The maximum absolute atomic E-state index is 9.20. The summed E-state index contributed by atoms with van der Waals surface area (Å²) in [5.74, 6) is 0.370. The van der Waals surface area contributed by atoms with E-state index in [-0.39, 0.29) is 17.6 Å². The molecular weight excluding hydrogens is 138 g/mol. The maximum Gasteiger partial charge on any atom is 0.0482 e. The fraction of sp³-hybridized carbons (Fsp3) is 1.00. The van der Waals surface area contributed by atoms with E-state index in [1.54, 1.807) is 0 Å². The highest BCUT2D eigenvalue weighted by molar-refractivity contribution is 5.01. The van der Waals surface area contributed by atoms with Crippen molar-refractivity contribution in [3.05, 3.63) is 0 Å². The van der Waals surface area contributed by atoms with Crippen LogP contribution in [0.1, 0.15) is 27.7 Å². The largest absolute Gasteiger partial charge is 0.396 e. The topological polar surface area (TPSA) is 32.3 Å². The molecule has 1 saturated heterocycles. The molecule has 11 heavy (non-hydrogen) atoms. The van der Waals surface area contributed by atoms with Crippen LogP contribution in [0.2, 0.25) is 0 Å². The Bertz CT molecular complexity index is 136. The van der Waals surface area contributed by atoms with Gasteiger partial charge in [0.05, 0.1) is 0 Å². The minimum atomic E-state index is 0.0955. The Balaban J connectivity index is 2.80. The third-order valence-corrected chi connectivity index (χ3v) is 3.00. The van der Waals surface area contributed by atoms with Crippen molar-refractivity contribution in [3.8, 4) is 0 Å². The van der Waals surface area contributed by atoms with E-state index in [9.17, 15) is 5.11 Å². The van der Waals surface area contributed by atoms with Gasteiger partial charge in [-0.1, -0.05) is 13.8 Å². The first kappa shape index (κ1) is 9.01. The van der Waals surface area contributed by atoms with Crippen LogP contribution in [0.5, 0.6) is 0 Å². The third kappa shape index (κ3) is 1.42. The maximum atomic E-state index is 9.20. The summed E-state index contributed by atoms with van der Waals surface area (Å²) < 4.78 is 0. The molecule has 0 bridgehead atoms. The Hall–Kier alpha value is -0.0800. The van der Waals surface area contributed by atoms with Crippen molar-refractivity contribution in [3.63, 3.8) is 0 Å². The van der Waals surface area contributed by atoms with Crippen LogP contribution in [-0.2, 0) is 0 Å². The lowest BCUT2D eigenvalue weighted by molar-refractivity contribution is 0.113. The van der Waals surface area contributed by atoms with Gasteiger partial charge in [-0.3, -0.25) is 0 Å². The van der Waals surface area contributed by atoms with Crippen LogP contribution in [-0.4, -0.2) is 23.8 Å². The smallest absolute Gasteiger partial charge is 0.0482 e. The molecule has 0 radical (unpaired) electrons. The second kappa shape index (κ2) is 2.46. The molecule has 0 saturated carbocycles. The first-order valence-electron chi connectivity index (χ1n) is 4.26. The summed E-state index contributed by atoms with van der Waals surface area (Å²) in [5, 5.41) is 12.6. The molecule has 0 aromatic carbocycles. The first-order valence-corrected chi connectivity index (χ1v) is 4.26. The summed E-state index contributed by atoms with van der Waals surface area (Å²) in [4.78, 5) is 0. The Morgan fingerprint density at radius 1 is 1.36 bits per heavy atom. The summed E-state index contributed by atoms with van der Waals surface area (Å²) in [6.07, 6.45) is 0. The number of aliphatic hydroxyl groups is 1. The SMILES string of the molecule is CC1(C)CNC(C)(C)C1CO. The molecule has 1 unspecified atom stereocenters. The van der Waals surface area contributed by atoms with Gasteiger partial charge in [0, 0.05) is 24.6 Å². The molecule has 2 N–H and O–H groups in total. The van der Waals surface area contributed by atoms with Gasteiger partial charge in [0.15, 0.2) is 0 Å². The van der Waals surface area contributed by atoms with Gasteiger partial charge in [0.1, 0.15) is 0 Å². The molecular formula is C9H19NO. The minimum Gasteiger partial charge on any atom is -0.396 e. The zero-order valence-electron chi connectivity index (χ0n) is 7.94. The summed E-state index contributed by atoms with van der Waals surface area (Å²) in [7, 11) is 0. The number of nitrogens with one attached hydrogen (secondary N) is 1. The van der Waals surface area contributed by atoms with Crippen molar-refractivity contribution in [1.82, 2.24) is 5.32 Å². The molecule has 2 nitrogen and oxygen atoms in total. The zero-order chi connectivity index (χ0) is 8.70. The predicted octanol–water partition coefficient (Wildman–Crippen LogP) is 1.00. The van der Waals surface area contributed by atoms with Crippen LogP contribution in [0.4, 0.5) is 0 Å². The molecule has 66 valence electrons. The average Bonchev–Trinajstić information content (AvgIpc) is 2.03. The Kier molecular flexibility index (Phi) is 2.01. The van der Waals surface area contributed by atoms with Crippen molar-refractivity contribution in [2.45, 2.75) is 33.2 Å². The second-order valence-corrected chi connectivity index (χ2v) is 4.80. The van der Waals surface area contributed by atoms with Gasteiger partial charge in [-0.2, -0.15) is 0 Å². The van der Waals surface area contributed by atoms with Crippen LogP contribution in [0, 0.1) is 11.3 Å². The van der Waals surface area contributed by atoms with Crippen molar-refractivity contribution < 1.29 is 5.11 Å². The van der Waals surface area contributed by atoms with E-state index in [1.807, 2.05) is 0 Å². The van der Waals surface area contributed by atoms with E-state index in [4.69, 9.17) is 0 Å². The molecule has 0 amide bonds. The molecule has 0 spiro atoms. The van der Waals surface area contributed by atoms with Crippen molar-refractivity contribution in [2.75, 3.05) is 13.2 Å². The molecule has 1 aliphatic heterocycles. The van der Waals surface area contributed by atoms with Gasteiger partial charge in [-0.05, 0) is 19.3 Å². The lowest BCUT2D eigenvalue weighted by Crippen LogP contribution is -2.41. The molecule has 1 rings (SSSR count). The standard InChI is InChI=1S/C9H19NO/c1-8(2)6-10-9(3,4)7(8)5-11/h7,10-11H,5-6H2,1-4H3. The molecule has 0 aromatic heterocycles. The number of hydrogen-bond donors (Lipinski definition) is 2. The third-order valence-electron chi connectivity index (χ3n) is 3.00. The van der Waals surface area contributed by atoms with E-state index in [2.05, 4.69) is 33.0 Å². The van der Waals surface area contributed by atoms with Gasteiger partial charge < -0.3 is 10.4 Å². The Labute approximate surface area is 69.0 Å². The van der Waals surface area contributed by atoms with Gasteiger partial charge in [-0.15, -0.1) is 0 Å². The van der Waals surface area contributed by atoms with Crippen LogP contribution in [0.3, 0.4) is 0 Å². The van der Waals surface area contributed by atoms with E-state index >= 15 is 0 Å². The highest BCUT2D eigenvalue weighted by atomic mass is 16.3. The van der Waals surface area contributed by atoms with Crippen molar-refractivity contribution >= 4 is 0 Å². The predicted molar refractivity (Wildman–Crippen MR) is 46.4 cm³/mol. The Morgan fingerprint density at radius 2 is 1.91 bits per heavy atom. The fourth-order valence-electron chi connectivity index (χ4n) is 2.15. The molecule has 1 atom stereocenters. The summed E-state index contributed by atoms with van der Waals surface area (Å²) in [6.45, 7) is 10.0. The average molecular weight is 157 g/mol. The van der Waals surface area contributed by atoms with Crippen LogP contribution in [0.25, 0.3) is 0 Å². The number of aliphatic hydroxyl groups excluding tert-OH is 1. The highest BCUT2D eigenvalue weighted by Gasteiger charge is 2.45. The fourth-order valence-corrected chi connectivity index (χ4v) is 2.15. The molecule has 1 fully saturated rings. The van der Waals surface area contributed by atoms with Gasteiger partial charge in [0.2, 0.25) is 0 Å². The summed E-state index contributed by atoms with van der Waals surface area (Å²) >= 11 is 0. The molecule has 1 aliphatic rings. The number of rotatable bonds is 1. The first-order chi connectivity index (χ1) is 4.90.